The maximum absolute atomic E-state index is 3.76. The van der Waals surface area contributed by atoms with E-state index >= 15 is 0 Å². The normalized spacial score (nSPS) is 36.8. The summed E-state index contributed by atoms with van der Waals surface area (Å²) >= 11 is 0. The smallest absolute Gasteiger partial charge is 0.0160 e. The van der Waals surface area contributed by atoms with Gasteiger partial charge in [-0.1, -0.05) is 19.9 Å². The van der Waals surface area contributed by atoms with Crippen molar-refractivity contribution in [2.75, 3.05) is 19.6 Å². The molecule has 1 aliphatic carbocycles. The van der Waals surface area contributed by atoms with Crippen molar-refractivity contribution in [1.29, 1.82) is 0 Å². The Bertz CT molecular complexity index is 174. The summed E-state index contributed by atoms with van der Waals surface area (Å²) < 4.78 is 0. The lowest BCUT2D eigenvalue weighted by molar-refractivity contribution is 0.281. The zero-order valence-corrected chi connectivity index (χ0v) is 8.73. The van der Waals surface area contributed by atoms with Crippen LogP contribution in [0.4, 0.5) is 0 Å². The molecular weight excluding hydrogens is 170 g/mol. The van der Waals surface area contributed by atoms with E-state index in [4.69, 9.17) is 0 Å². The van der Waals surface area contributed by atoms with Crippen molar-refractivity contribution < 1.29 is 0 Å². The van der Waals surface area contributed by atoms with Crippen LogP contribution in [0, 0.1) is 17.3 Å². The lowest BCUT2D eigenvalue weighted by Gasteiger charge is -2.19. The first-order valence-corrected chi connectivity index (χ1v) is 4.49. The molecule has 2 rings (SSSR count). The Morgan fingerprint density at radius 1 is 1.42 bits per heavy atom. The highest BCUT2D eigenvalue weighted by Crippen LogP contribution is 2.61. The second kappa shape index (κ2) is 3.04. The second-order valence-electron chi connectivity index (χ2n) is 4.54. The average molecular weight is 188 g/mol. The molecule has 0 aromatic heterocycles. The predicted octanol–water partition coefficient (Wildman–Crippen LogP) is 2.18. The zero-order chi connectivity index (χ0) is 8.06. The zero-order valence-electron chi connectivity index (χ0n) is 7.92. The summed E-state index contributed by atoms with van der Waals surface area (Å²) in [6.45, 7) is 12.3. The van der Waals surface area contributed by atoms with Crippen LogP contribution in [0.3, 0.4) is 0 Å². The topological polar surface area (TPSA) is 3.24 Å². The van der Waals surface area contributed by atoms with Crippen molar-refractivity contribution in [3.63, 3.8) is 0 Å². The predicted molar refractivity (Wildman–Crippen MR) is 54.6 cm³/mol. The Hall–Kier alpha value is -0.0100. The van der Waals surface area contributed by atoms with Gasteiger partial charge in [-0.15, -0.1) is 19.0 Å². The summed E-state index contributed by atoms with van der Waals surface area (Å²) in [6.07, 6.45) is 2.01. The van der Waals surface area contributed by atoms with E-state index in [2.05, 4.69) is 25.3 Å². The van der Waals surface area contributed by atoms with Crippen molar-refractivity contribution >= 4 is 12.4 Å². The van der Waals surface area contributed by atoms with Crippen molar-refractivity contribution in [3.05, 3.63) is 12.7 Å². The highest BCUT2D eigenvalue weighted by molar-refractivity contribution is 5.85. The number of fused-ring (bicyclic) bond motifs is 1. The molecule has 0 aromatic carbocycles. The minimum absolute atomic E-state index is 0. The van der Waals surface area contributed by atoms with Gasteiger partial charge in [-0.25, -0.2) is 0 Å². The van der Waals surface area contributed by atoms with Crippen LogP contribution in [0.2, 0.25) is 0 Å². The van der Waals surface area contributed by atoms with Crippen LogP contribution in [0.25, 0.3) is 0 Å². The molecule has 0 N–H and O–H groups in total. The van der Waals surface area contributed by atoms with E-state index in [1.165, 1.54) is 13.1 Å². The van der Waals surface area contributed by atoms with E-state index in [0.717, 1.165) is 18.4 Å². The van der Waals surface area contributed by atoms with Crippen molar-refractivity contribution in [1.82, 2.24) is 4.90 Å². The fraction of sp³-hybridized carbons (Fsp3) is 0.800. The van der Waals surface area contributed by atoms with Crippen molar-refractivity contribution in [3.8, 4) is 0 Å². The molecule has 0 radical (unpaired) electrons. The molecule has 1 heterocycles. The second-order valence-corrected chi connectivity index (χ2v) is 4.54. The quantitative estimate of drug-likeness (QED) is 0.600. The Balaban J connectivity index is 0.000000720. The number of hydrogen-bond donors (Lipinski definition) is 0. The van der Waals surface area contributed by atoms with Crippen LogP contribution in [0.15, 0.2) is 12.7 Å². The minimum Gasteiger partial charge on any atom is -0.299 e. The third-order valence-electron chi connectivity index (χ3n) is 3.58. The number of rotatable bonds is 2. The average Bonchev–Trinajstić information content (AvgIpc) is 2.37. The van der Waals surface area contributed by atoms with Crippen LogP contribution < -0.4 is 0 Å². The van der Waals surface area contributed by atoms with E-state index in [0.29, 0.717) is 5.41 Å². The van der Waals surface area contributed by atoms with E-state index in [9.17, 15) is 0 Å². The van der Waals surface area contributed by atoms with Crippen molar-refractivity contribution in [2.24, 2.45) is 17.3 Å². The first kappa shape index (κ1) is 10.1. The summed E-state index contributed by atoms with van der Waals surface area (Å²) in [4.78, 5) is 2.51. The van der Waals surface area contributed by atoms with E-state index < -0.39 is 0 Å². The molecule has 12 heavy (non-hydrogen) atoms. The number of nitrogens with zero attached hydrogens (tertiary/aromatic N) is 1. The fourth-order valence-electron chi connectivity index (χ4n) is 2.55. The largest absolute Gasteiger partial charge is 0.299 e. The third-order valence-corrected chi connectivity index (χ3v) is 3.58. The van der Waals surface area contributed by atoms with Gasteiger partial charge in [0.05, 0.1) is 0 Å². The van der Waals surface area contributed by atoms with Gasteiger partial charge >= 0.3 is 0 Å². The summed E-state index contributed by atoms with van der Waals surface area (Å²) in [5, 5.41) is 0. The summed E-state index contributed by atoms with van der Waals surface area (Å²) in [6, 6.07) is 0. The van der Waals surface area contributed by atoms with Gasteiger partial charge in [0.25, 0.3) is 0 Å². The molecule has 2 fully saturated rings. The lowest BCUT2D eigenvalue weighted by Crippen LogP contribution is -2.26. The van der Waals surface area contributed by atoms with Gasteiger partial charge in [-0.05, 0) is 17.3 Å². The number of likely N-dealkylation sites (tertiary alicyclic amines) is 1. The van der Waals surface area contributed by atoms with Gasteiger partial charge in [0.15, 0.2) is 0 Å². The van der Waals surface area contributed by atoms with Crippen molar-refractivity contribution in [2.45, 2.75) is 13.8 Å². The maximum Gasteiger partial charge on any atom is 0.0160 e. The summed E-state index contributed by atoms with van der Waals surface area (Å²) in [5.74, 6) is 1.98. The van der Waals surface area contributed by atoms with Gasteiger partial charge in [-0.3, -0.25) is 4.90 Å². The molecule has 0 aromatic rings. The van der Waals surface area contributed by atoms with E-state index in [1.807, 2.05) is 6.08 Å². The first-order valence-electron chi connectivity index (χ1n) is 4.49. The molecule has 2 unspecified atom stereocenters. The van der Waals surface area contributed by atoms with E-state index in [1.54, 1.807) is 0 Å². The first-order chi connectivity index (χ1) is 5.16. The van der Waals surface area contributed by atoms with Crippen LogP contribution in [0.5, 0.6) is 0 Å². The molecule has 1 aliphatic heterocycles. The molecule has 1 saturated heterocycles. The van der Waals surface area contributed by atoms with E-state index in [-0.39, 0.29) is 12.4 Å². The Morgan fingerprint density at radius 2 is 1.92 bits per heavy atom. The molecule has 2 heteroatoms. The van der Waals surface area contributed by atoms with Crippen LogP contribution >= 0.6 is 12.4 Å². The molecule has 0 spiro atoms. The molecule has 0 bridgehead atoms. The fourth-order valence-corrected chi connectivity index (χ4v) is 2.55. The Labute approximate surface area is 81.2 Å². The van der Waals surface area contributed by atoms with Crippen LogP contribution in [0.1, 0.15) is 13.8 Å². The monoisotopic (exact) mass is 187 g/mol. The maximum atomic E-state index is 3.76. The summed E-state index contributed by atoms with van der Waals surface area (Å²) in [5.41, 5.74) is 0.664. The standard InChI is InChI=1S/C10H17N.ClH/c1-4-5-11-6-8-9(7-11)10(8,2)3;/h4,8-9H,1,5-7H2,2-3H3;1H. The number of piperidine rings is 1. The molecule has 1 saturated carbocycles. The SMILES string of the molecule is C=CCN1CC2C(C1)C2(C)C.Cl. The molecular formula is C10H18ClN. The molecule has 1 nitrogen and oxygen atoms in total. The van der Waals surface area contributed by atoms with Crippen LogP contribution in [-0.2, 0) is 0 Å². The van der Waals surface area contributed by atoms with Gasteiger partial charge < -0.3 is 0 Å². The molecule has 2 aliphatic rings. The Morgan fingerprint density at radius 3 is 2.33 bits per heavy atom. The molecule has 0 amide bonds. The van der Waals surface area contributed by atoms with Gasteiger partial charge in [0.2, 0.25) is 0 Å². The summed E-state index contributed by atoms with van der Waals surface area (Å²) in [7, 11) is 0. The Kier molecular flexibility index (Phi) is 2.55. The van der Waals surface area contributed by atoms with Gasteiger partial charge in [-0.2, -0.15) is 0 Å². The number of halogens is 1. The highest BCUT2D eigenvalue weighted by Gasteiger charge is 2.61. The minimum atomic E-state index is 0. The van der Waals surface area contributed by atoms with Crippen LogP contribution in [-0.4, -0.2) is 24.5 Å². The molecule has 2 atom stereocenters. The van der Waals surface area contributed by atoms with Gasteiger partial charge in [0, 0.05) is 19.6 Å². The lowest BCUT2D eigenvalue weighted by atomic mass is 10.1. The third kappa shape index (κ3) is 1.29. The number of hydrogen-bond acceptors (Lipinski definition) is 1. The molecule has 70 valence electrons. The van der Waals surface area contributed by atoms with Gasteiger partial charge in [0.1, 0.15) is 0 Å². The highest BCUT2D eigenvalue weighted by atomic mass is 35.5.